The van der Waals surface area contributed by atoms with Crippen molar-refractivity contribution in [3.05, 3.63) is 76.1 Å². The van der Waals surface area contributed by atoms with Gasteiger partial charge in [-0.3, -0.25) is 9.59 Å². The van der Waals surface area contributed by atoms with Gasteiger partial charge in [0.05, 0.1) is 24.7 Å². The molecule has 2 aromatic carbocycles. The van der Waals surface area contributed by atoms with E-state index in [1.54, 1.807) is 29.4 Å². The smallest absolute Gasteiger partial charge is 0.252 e. The Morgan fingerprint density at radius 1 is 1.15 bits per heavy atom. The summed E-state index contributed by atoms with van der Waals surface area (Å²) in [6.45, 7) is 0.457. The van der Waals surface area contributed by atoms with Crippen LogP contribution in [-0.2, 0) is 11.3 Å². The normalized spacial score (nSPS) is 15.3. The first-order chi connectivity index (χ1) is 13.1. The molecule has 1 N–H and O–H groups in total. The largest absolute Gasteiger partial charge is 0.345 e. The van der Waals surface area contributed by atoms with Gasteiger partial charge in [-0.15, -0.1) is 11.3 Å². The lowest BCUT2D eigenvalue weighted by Gasteiger charge is -2.18. The van der Waals surface area contributed by atoms with Gasteiger partial charge in [-0.1, -0.05) is 48.5 Å². The topological polar surface area (TPSA) is 62.3 Å². The first-order valence-corrected chi connectivity index (χ1v) is 9.63. The van der Waals surface area contributed by atoms with Crippen molar-refractivity contribution < 1.29 is 9.59 Å². The average molecular weight is 377 g/mol. The van der Waals surface area contributed by atoms with Gasteiger partial charge in [-0.25, -0.2) is 4.98 Å². The van der Waals surface area contributed by atoms with Gasteiger partial charge < -0.3 is 10.2 Å². The second kappa shape index (κ2) is 7.32. The van der Waals surface area contributed by atoms with E-state index >= 15 is 0 Å². The Labute approximate surface area is 161 Å². The van der Waals surface area contributed by atoms with Crippen LogP contribution in [0.4, 0.5) is 0 Å². The second-order valence-electron chi connectivity index (χ2n) is 6.56. The van der Waals surface area contributed by atoms with Crippen molar-refractivity contribution in [2.45, 2.75) is 19.0 Å². The summed E-state index contributed by atoms with van der Waals surface area (Å²) >= 11 is 1.55. The molecule has 2 amide bonds. The molecular formula is C21H19N3O2S. The summed E-state index contributed by atoms with van der Waals surface area (Å²) in [7, 11) is 1.77. The maximum atomic E-state index is 12.6. The van der Waals surface area contributed by atoms with Crippen molar-refractivity contribution in [1.29, 1.82) is 0 Å². The fraction of sp³-hybridized carbons (Fsp3) is 0.190. The zero-order valence-electron chi connectivity index (χ0n) is 14.9. The SMILES string of the molecule is CN(Cc1nc(-c2ccccc2)cs1)C(=O)C[C@@H]1NC(=O)c2ccccc21. The van der Waals surface area contributed by atoms with Crippen molar-refractivity contribution in [3.8, 4) is 11.3 Å². The van der Waals surface area contributed by atoms with Crippen LogP contribution in [0.25, 0.3) is 11.3 Å². The molecule has 2 heterocycles. The molecular weight excluding hydrogens is 358 g/mol. The Balaban J connectivity index is 1.41. The maximum Gasteiger partial charge on any atom is 0.252 e. The van der Waals surface area contributed by atoms with Crippen LogP contribution in [0.1, 0.15) is 33.4 Å². The molecule has 1 aliphatic rings. The van der Waals surface area contributed by atoms with Crippen LogP contribution < -0.4 is 5.32 Å². The van der Waals surface area contributed by atoms with Gasteiger partial charge in [0.15, 0.2) is 0 Å². The van der Waals surface area contributed by atoms with Gasteiger partial charge in [0.25, 0.3) is 5.91 Å². The van der Waals surface area contributed by atoms with Crippen molar-refractivity contribution in [3.63, 3.8) is 0 Å². The molecule has 0 spiro atoms. The molecule has 0 aliphatic carbocycles. The number of benzene rings is 2. The molecule has 1 aliphatic heterocycles. The van der Waals surface area contributed by atoms with Crippen molar-refractivity contribution in [1.82, 2.24) is 15.2 Å². The van der Waals surface area contributed by atoms with E-state index < -0.39 is 0 Å². The van der Waals surface area contributed by atoms with Crippen molar-refractivity contribution in [2.24, 2.45) is 0 Å². The third-order valence-electron chi connectivity index (χ3n) is 4.68. The highest BCUT2D eigenvalue weighted by molar-refractivity contribution is 7.09. The number of amides is 2. The van der Waals surface area contributed by atoms with Crippen LogP contribution in [-0.4, -0.2) is 28.7 Å². The number of carbonyl (C=O) groups is 2. The quantitative estimate of drug-likeness (QED) is 0.738. The Morgan fingerprint density at radius 3 is 2.70 bits per heavy atom. The molecule has 0 saturated heterocycles. The fourth-order valence-electron chi connectivity index (χ4n) is 3.23. The van der Waals surface area contributed by atoms with Gasteiger partial charge in [-0.05, 0) is 11.6 Å². The molecule has 5 nitrogen and oxygen atoms in total. The molecule has 6 heteroatoms. The van der Waals surface area contributed by atoms with E-state index in [2.05, 4.69) is 10.3 Å². The minimum absolute atomic E-state index is 0.0199. The van der Waals surface area contributed by atoms with Crippen LogP contribution >= 0.6 is 11.3 Å². The predicted octanol–water partition coefficient (Wildman–Crippen LogP) is 3.64. The van der Waals surface area contributed by atoms with Gasteiger partial charge in [0.1, 0.15) is 5.01 Å². The van der Waals surface area contributed by atoms with E-state index in [1.807, 2.05) is 53.9 Å². The molecule has 4 rings (SSSR count). The van der Waals surface area contributed by atoms with Crippen LogP contribution in [0.15, 0.2) is 60.0 Å². The summed E-state index contributed by atoms with van der Waals surface area (Å²) in [4.78, 5) is 31.0. The maximum absolute atomic E-state index is 12.6. The Hall–Kier alpha value is -2.99. The lowest BCUT2D eigenvalue weighted by Crippen LogP contribution is -2.30. The summed E-state index contributed by atoms with van der Waals surface area (Å²) in [5, 5.41) is 5.79. The molecule has 0 bridgehead atoms. The summed E-state index contributed by atoms with van der Waals surface area (Å²) in [5.41, 5.74) is 3.54. The number of thiazole rings is 1. The van der Waals surface area contributed by atoms with Gasteiger partial charge in [-0.2, -0.15) is 0 Å². The van der Waals surface area contributed by atoms with Crippen LogP contribution in [0.3, 0.4) is 0 Å². The highest BCUT2D eigenvalue weighted by Crippen LogP contribution is 2.28. The first kappa shape index (κ1) is 17.4. The number of nitrogens with one attached hydrogen (secondary N) is 1. The van der Waals surface area contributed by atoms with Crippen LogP contribution in [0, 0.1) is 0 Å². The zero-order valence-corrected chi connectivity index (χ0v) is 15.7. The Kier molecular flexibility index (Phi) is 4.73. The first-order valence-electron chi connectivity index (χ1n) is 8.75. The Morgan fingerprint density at radius 2 is 1.89 bits per heavy atom. The molecule has 0 unspecified atom stereocenters. The lowest BCUT2D eigenvalue weighted by molar-refractivity contribution is -0.130. The highest BCUT2D eigenvalue weighted by Gasteiger charge is 2.30. The monoisotopic (exact) mass is 377 g/mol. The summed E-state index contributed by atoms with van der Waals surface area (Å²) in [5.74, 6) is -0.132. The number of hydrogen-bond donors (Lipinski definition) is 1. The standard InChI is InChI=1S/C21H19N3O2S/c1-24(12-19-22-18(13-27-19)14-7-3-2-4-8-14)20(25)11-17-15-9-5-6-10-16(15)21(26)23-17/h2-10,13,17H,11-12H2,1H3,(H,23,26)/t17-/m0/s1. The lowest BCUT2D eigenvalue weighted by atomic mass is 10.0. The number of aromatic nitrogens is 1. The molecule has 136 valence electrons. The molecule has 0 saturated carbocycles. The van der Waals surface area contributed by atoms with E-state index in [0.29, 0.717) is 12.1 Å². The predicted molar refractivity (Wildman–Crippen MR) is 105 cm³/mol. The number of hydrogen-bond acceptors (Lipinski definition) is 4. The number of carbonyl (C=O) groups excluding carboxylic acids is 2. The number of rotatable bonds is 5. The average Bonchev–Trinajstić information content (AvgIpc) is 3.28. The van der Waals surface area contributed by atoms with E-state index in [9.17, 15) is 9.59 Å². The van der Waals surface area contributed by atoms with E-state index in [4.69, 9.17) is 0 Å². The van der Waals surface area contributed by atoms with E-state index in [0.717, 1.165) is 21.8 Å². The van der Waals surface area contributed by atoms with E-state index in [1.165, 1.54) is 0 Å². The third kappa shape index (κ3) is 3.61. The van der Waals surface area contributed by atoms with E-state index in [-0.39, 0.29) is 24.3 Å². The summed E-state index contributed by atoms with van der Waals surface area (Å²) < 4.78 is 0. The van der Waals surface area contributed by atoms with Crippen molar-refractivity contribution in [2.75, 3.05) is 7.05 Å². The molecule has 1 atom stereocenters. The van der Waals surface area contributed by atoms with Crippen LogP contribution in [0.2, 0.25) is 0 Å². The summed E-state index contributed by atoms with van der Waals surface area (Å²) in [6.07, 6.45) is 0.246. The van der Waals surface area contributed by atoms with Crippen LogP contribution in [0.5, 0.6) is 0 Å². The fourth-order valence-corrected chi connectivity index (χ4v) is 4.08. The molecule has 1 aromatic heterocycles. The number of nitrogens with zero attached hydrogens (tertiary/aromatic N) is 2. The minimum atomic E-state index is -0.264. The molecule has 0 fully saturated rings. The Bertz CT molecular complexity index is 984. The van der Waals surface area contributed by atoms with Gasteiger partial charge in [0, 0.05) is 23.6 Å². The zero-order chi connectivity index (χ0) is 18.8. The van der Waals surface area contributed by atoms with Gasteiger partial charge >= 0.3 is 0 Å². The second-order valence-corrected chi connectivity index (χ2v) is 7.50. The molecule has 0 radical (unpaired) electrons. The molecule has 27 heavy (non-hydrogen) atoms. The highest BCUT2D eigenvalue weighted by atomic mass is 32.1. The van der Waals surface area contributed by atoms with Crippen molar-refractivity contribution >= 4 is 23.2 Å². The number of fused-ring (bicyclic) bond motifs is 1. The molecule has 3 aromatic rings. The summed E-state index contributed by atoms with van der Waals surface area (Å²) in [6, 6.07) is 17.1. The third-order valence-corrected chi connectivity index (χ3v) is 5.52. The minimum Gasteiger partial charge on any atom is -0.345 e. The van der Waals surface area contributed by atoms with Gasteiger partial charge in [0.2, 0.25) is 5.91 Å².